The van der Waals surface area contributed by atoms with Gasteiger partial charge in [0, 0.05) is 17.5 Å². The summed E-state index contributed by atoms with van der Waals surface area (Å²) in [5, 5.41) is 22.7. The molecule has 5 heteroatoms. The second-order valence-electron chi connectivity index (χ2n) is 6.23. The summed E-state index contributed by atoms with van der Waals surface area (Å²) < 4.78 is 0. The third-order valence-electron chi connectivity index (χ3n) is 4.74. The number of amides is 1. The number of aliphatic hydroxyl groups excluding tert-OH is 1. The first-order valence-corrected chi connectivity index (χ1v) is 9.33. The highest BCUT2D eigenvalue weighted by molar-refractivity contribution is 7.10. The highest BCUT2D eigenvalue weighted by atomic mass is 32.1. The number of aryl methyl sites for hydroxylation is 1. The zero-order valence-corrected chi connectivity index (χ0v) is 14.6. The van der Waals surface area contributed by atoms with Crippen LogP contribution >= 0.6 is 11.3 Å². The van der Waals surface area contributed by atoms with Gasteiger partial charge >= 0.3 is 0 Å². The lowest BCUT2D eigenvalue weighted by atomic mass is 10.0. The van der Waals surface area contributed by atoms with Gasteiger partial charge in [-0.15, -0.1) is 11.3 Å². The average Bonchev–Trinajstić information content (AvgIpc) is 3.26. The number of nitrogens with zero attached hydrogens (tertiary/aromatic N) is 1. The maximum absolute atomic E-state index is 12.9. The molecule has 2 atom stereocenters. The maximum Gasteiger partial charge on any atom is 0.257 e. The predicted molar refractivity (Wildman–Crippen MR) is 95.4 cm³/mol. The largest absolute Gasteiger partial charge is 0.507 e. The fourth-order valence-electron chi connectivity index (χ4n) is 3.41. The molecule has 2 unspecified atom stereocenters. The van der Waals surface area contributed by atoms with Crippen LogP contribution in [0.15, 0.2) is 35.7 Å². The number of phenolic OH excluding ortho intramolecular Hbond substituents is 1. The Bertz CT molecular complexity index is 699. The number of thiophene rings is 1. The van der Waals surface area contributed by atoms with Crippen molar-refractivity contribution in [2.45, 2.75) is 44.8 Å². The number of aliphatic hydroxyl groups is 1. The highest BCUT2D eigenvalue weighted by Crippen LogP contribution is 2.32. The maximum atomic E-state index is 12.9. The van der Waals surface area contributed by atoms with Crippen molar-refractivity contribution in [3.8, 4) is 5.75 Å². The van der Waals surface area contributed by atoms with Crippen molar-refractivity contribution >= 4 is 17.2 Å². The summed E-state index contributed by atoms with van der Waals surface area (Å²) in [4.78, 5) is 15.6. The molecule has 2 aromatic rings. The molecule has 1 fully saturated rings. The van der Waals surface area contributed by atoms with E-state index in [2.05, 4.69) is 0 Å². The molecule has 3 rings (SSSR count). The first-order chi connectivity index (χ1) is 11.6. The lowest BCUT2D eigenvalue weighted by molar-refractivity contribution is 0.0667. The Hall–Kier alpha value is -1.85. The molecule has 0 aliphatic carbocycles. The first-order valence-electron chi connectivity index (χ1n) is 8.45. The Morgan fingerprint density at radius 3 is 2.92 bits per heavy atom. The molecular weight excluding hydrogens is 322 g/mol. The van der Waals surface area contributed by atoms with Gasteiger partial charge < -0.3 is 15.1 Å². The number of rotatable bonds is 5. The third kappa shape index (κ3) is 3.32. The van der Waals surface area contributed by atoms with Crippen molar-refractivity contribution in [2.75, 3.05) is 6.54 Å². The van der Waals surface area contributed by atoms with Crippen LogP contribution in [0.4, 0.5) is 0 Å². The summed E-state index contributed by atoms with van der Waals surface area (Å²) in [6, 6.07) is 9.20. The SMILES string of the molecule is CCc1cccc(C(=O)N2CCCC2CC(O)c2cccs2)c1O. The van der Waals surface area contributed by atoms with Gasteiger partial charge in [-0.2, -0.15) is 0 Å². The van der Waals surface area contributed by atoms with Gasteiger partial charge in [-0.25, -0.2) is 0 Å². The number of aromatic hydroxyl groups is 1. The van der Waals surface area contributed by atoms with Gasteiger partial charge in [0.15, 0.2) is 0 Å². The molecule has 4 nitrogen and oxygen atoms in total. The highest BCUT2D eigenvalue weighted by Gasteiger charge is 2.32. The molecule has 1 amide bonds. The van der Waals surface area contributed by atoms with Crippen LogP contribution < -0.4 is 0 Å². The summed E-state index contributed by atoms with van der Waals surface area (Å²) in [6.07, 6.45) is 2.51. The van der Waals surface area contributed by atoms with Crippen LogP contribution in [0.25, 0.3) is 0 Å². The predicted octanol–water partition coefficient (Wildman–Crippen LogP) is 3.74. The Morgan fingerprint density at radius 2 is 2.21 bits per heavy atom. The van der Waals surface area contributed by atoms with E-state index in [-0.39, 0.29) is 17.7 Å². The van der Waals surface area contributed by atoms with Crippen LogP contribution in [-0.4, -0.2) is 33.6 Å². The quantitative estimate of drug-likeness (QED) is 0.868. The number of hydrogen-bond donors (Lipinski definition) is 2. The van der Waals surface area contributed by atoms with Crippen molar-refractivity contribution in [2.24, 2.45) is 0 Å². The van der Waals surface area contributed by atoms with Gasteiger partial charge in [0.1, 0.15) is 5.75 Å². The zero-order valence-electron chi connectivity index (χ0n) is 13.8. The second-order valence-corrected chi connectivity index (χ2v) is 7.21. The third-order valence-corrected chi connectivity index (χ3v) is 5.71. The average molecular weight is 345 g/mol. The molecule has 0 saturated carbocycles. The van der Waals surface area contributed by atoms with Crippen molar-refractivity contribution in [3.63, 3.8) is 0 Å². The molecule has 24 heavy (non-hydrogen) atoms. The van der Waals surface area contributed by atoms with Crippen molar-refractivity contribution in [3.05, 3.63) is 51.7 Å². The van der Waals surface area contributed by atoms with Crippen LogP contribution in [0.5, 0.6) is 5.75 Å². The molecule has 2 heterocycles. The molecular formula is C19H23NO3S. The Labute approximate surface area is 146 Å². The number of para-hydroxylation sites is 1. The van der Waals surface area contributed by atoms with Gasteiger partial charge in [0.05, 0.1) is 11.7 Å². The lowest BCUT2D eigenvalue weighted by Crippen LogP contribution is -2.36. The van der Waals surface area contributed by atoms with Crippen molar-refractivity contribution in [1.82, 2.24) is 4.90 Å². The molecule has 1 aliphatic rings. The summed E-state index contributed by atoms with van der Waals surface area (Å²) in [6.45, 7) is 2.63. The Morgan fingerprint density at radius 1 is 1.38 bits per heavy atom. The molecule has 1 aromatic carbocycles. The van der Waals surface area contributed by atoms with Gasteiger partial charge in [0.25, 0.3) is 5.91 Å². The summed E-state index contributed by atoms with van der Waals surface area (Å²) >= 11 is 1.53. The van der Waals surface area contributed by atoms with Crippen LogP contribution in [0.1, 0.15) is 53.1 Å². The minimum Gasteiger partial charge on any atom is -0.507 e. The van der Waals surface area contributed by atoms with Crippen LogP contribution in [0, 0.1) is 0 Å². The summed E-state index contributed by atoms with van der Waals surface area (Å²) in [5.74, 6) is -0.0434. The molecule has 1 aromatic heterocycles. The van der Waals surface area contributed by atoms with Gasteiger partial charge in [-0.05, 0) is 48.8 Å². The molecule has 0 radical (unpaired) electrons. The monoisotopic (exact) mass is 345 g/mol. The molecule has 0 bridgehead atoms. The Kier molecular flexibility index (Phi) is 5.21. The van der Waals surface area contributed by atoms with E-state index < -0.39 is 6.10 Å². The fourth-order valence-corrected chi connectivity index (χ4v) is 4.13. The minimum absolute atomic E-state index is 0.0132. The van der Waals surface area contributed by atoms with E-state index in [1.54, 1.807) is 6.07 Å². The van der Waals surface area contributed by atoms with Crippen LogP contribution in [-0.2, 0) is 6.42 Å². The molecule has 1 aliphatic heterocycles. The van der Waals surface area contributed by atoms with E-state index in [1.807, 2.05) is 41.5 Å². The van der Waals surface area contributed by atoms with Crippen LogP contribution in [0.2, 0.25) is 0 Å². The number of phenols is 1. The normalized spacial score (nSPS) is 18.8. The molecule has 0 spiro atoms. The Balaban J connectivity index is 1.76. The summed E-state index contributed by atoms with van der Waals surface area (Å²) in [7, 11) is 0. The topological polar surface area (TPSA) is 60.8 Å². The lowest BCUT2D eigenvalue weighted by Gasteiger charge is -2.27. The standard InChI is InChI=1S/C19H23NO3S/c1-2-13-6-3-8-15(18(13)22)19(23)20-10-4-7-14(20)12-16(21)17-9-5-11-24-17/h3,5-6,8-9,11,14,16,21-22H,2,4,7,10,12H2,1H3. The van der Waals surface area contributed by atoms with E-state index in [4.69, 9.17) is 0 Å². The van der Waals surface area contributed by atoms with E-state index >= 15 is 0 Å². The van der Waals surface area contributed by atoms with Crippen molar-refractivity contribution in [1.29, 1.82) is 0 Å². The molecule has 1 saturated heterocycles. The number of likely N-dealkylation sites (tertiary alicyclic amines) is 1. The van der Waals surface area contributed by atoms with E-state index in [9.17, 15) is 15.0 Å². The second kappa shape index (κ2) is 7.36. The number of carbonyl (C=O) groups is 1. The molecule has 2 N–H and O–H groups in total. The van der Waals surface area contributed by atoms with E-state index in [0.717, 1.165) is 23.3 Å². The fraction of sp³-hybridized carbons (Fsp3) is 0.421. The first kappa shape index (κ1) is 17.0. The smallest absolute Gasteiger partial charge is 0.257 e. The van der Waals surface area contributed by atoms with Crippen molar-refractivity contribution < 1.29 is 15.0 Å². The van der Waals surface area contributed by atoms with Gasteiger partial charge in [0.2, 0.25) is 0 Å². The minimum atomic E-state index is -0.543. The number of benzene rings is 1. The number of hydrogen-bond acceptors (Lipinski definition) is 4. The van der Waals surface area contributed by atoms with Gasteiger partial charge in [-0.1, -0.05) is 25.1 Å². The van der Waals surface area contributed by atoms with E-state index in [0.29, 0.717) is 24.9 Å². The zero-order chi connectivity index (χ0) is 17.1. The number of carbonyl (C=O) groups excluding carboxylic acids is 1. The van der Waals surface area contributed by atoms with Gasteiger partial charge in [-0.3, -0.25) is 4.79 Å². The molecule has 128 valence electrons. The summed E-state index contributed by atoms with van der Waals surface area (Å²) in [5.41, 5.74) is 1.15. The van der Waals surface area contributed by atoms with E-state index in [1.165, 1.54) is 11.3 Å². The van der Waals surface area contributed by atoms with Crippen LogP contribution in [0.3, 0.4) is 0 Å².